The second kappa shape index (κ2) is 5.86. The van der Waals surface area contributed by atoms with Gasteiger partial charge in [-0.15, -0.1) is 5.10 Å². The summed E-state index contributed by atoms with van der Waals surface area (Å²) in [5.74, 6) is -0.916. The number of carbonyl (C=O) groups excluding carboxylic acids is 1. The molecule has 1 saturated heterocycles. The predicted octanol–water partition coefficient (Wildman–Crippen LogP) is 1.41. The van der Waals surface area contributed by atoms with Gasteiger partial charge in [0.25, 0.3) is 5.91 Å². The van der Waals surface area contributed by atoms with Gasteiger partial charge >= 0.3 is 0 Å². The molecule has 0 aliphatic carbocycles. The maximum absolute atomic E-state index is 14.4. The fraction of sp³-hybridized carbons (Fsp3) is 0.438. The van der Waals surface area contributed by atoms with Crippen LogP contribution in [-0.2, 0) is 11.3 Å². The number of likely N-dealkylation sites (tertiary alicyclic amines) is 1. The number of hydrogen-bond donors (Lipinski definition) is 0. The Bertz CT molecular complexity index is 778. The smallest absolute Gasteiger partial charge is 0.257 e. The third-order valence-corrected chi connectivity index (χ3v) is 4.63. The topological polar surface area (TPSA) is 69.5 Å². The zero-order valence-corrected chi connectivity index (χ0v) is 13.2. The number of amides is 1. The van der Waals surface area contributed by atoms with Crippen molar-refractivity contribution in [3.8, 4) is 5.75 Å². The fourth-order valence-corrected chi connectivity index (χ4v) is 3.37. The molecule has 24 heavy (non-hydrogen) atoms. The highest BCUT2D eigenvalue weighted by atomic mass is 19.1. The second-order valence-corrected chi connectivity index (χ2v) is 5.95. The molecule has 2 aromatic rings. The van der Waals surface area contributed by atoms with Gasteiger partial charge in [-0.1, -0.05) is 11.3 Å². The SMILES string of the molecule is COc1cccc(C(=O)N2CC[C@H]3OCc4cnnn4[C@H]3C2)c1F. The second-order valence-electron chi connectivity index (χ2n) is 5.95. The van der Waals surface area contributed by atoms with E-state index >= 15 is 0 Å². The van der Waals surface area contributed by atoms with Crippen molar-refractivity contribution < 1.29 is 18.7 Å². The molecule has 2 aliphatic rings. The maximum atomic E-state index is 14.4. The van der Waals surface area contributed by atoms with Crippen molar-refractivity contribution in [1.29, 1.82) is 0 Å². The van der Waals surface area contributed by atoms with Crippen LogP contribution in [0.2, 0.25) is 0 Å². The molecular formula is C16H17FN4O3. The molecule has 0 unspecified atom stereocenters. The van der Waals surface area contributed by atoms with E-state index in [0.717, 1.165) is 5.69 Å². The number of piperidine rings is 1. The summed E-state index contributed by atoms with van der Waals surface area (Å²) >= 11 is 0. The average molecular weight is 332 g/mol. The highest BCUT2D eigenvalue weighted by Crippen LogP contribution is 2.31. The molecule has 1 fully saturated rings. The lowest BCUT2D eigenvalue weighted by molar-refractivity contribution is -0.0605. The van der Waals surface area contributed by atoms with Gasteiger partial charge in [0.05, 0.1) is 43.3 Å². The molecule has 1 aromatic heterocycles. The standard InChI is InChI=1S/C16H17FN4O3/c1-23-14-4-2-3-11(15(14)17)16(22)20-6-5-13-12(8-20)21-10(9-24-13)7-18-19-21/h2-4,7,12-13H,5-6,8-9H2,1H3/t12-,13+/m0/s1. The number of ether oxygens (including phenoxy) is 2. The number of methoxy groups -OCH3 is 1. The summed E-state index contributed by atoms with van der Waals surface area (Å²) in [6.07, 6.45) is 2.35. The molecule has 1 aromatic carbocycles. The van der Waals surface area contributed by atoms with Crippen LogP contribution in [0.25, 0.3) is 0 Å². The zero-order valence-electron chi connectivity index (χ0n) is 13.2. The molecule has 4 rings (SSSR count). The Kier molecular flexibility index (Phi) is 3.68. The normalized spacial score (nSPS) is 22.7. The Morgan fingerprint density at radius 3 is 3.17 bits per heavy atom. The number of benzene rings is 1. The number of nitrogens with zero attached hydrogens (tertiary/aromatic N) is 4. The zero-order chi connectivity index (χ0) is 16.7. The van der Waals surface area contributed by atoms with Gasteiger partial charge in [-0.2, -0.15) is 0 Å². The van der Waals surface area contributed by atoms with E-state index in [4.69, 9.17) is 9.47 Å². The molecular weight excluding hydrogens is 315 g/mol. The maximum Gasteiger partial charge on any atom is 0.257 e. The van der Waals surface area contributed by atoms with E-state index in [-0.39, 0.29) is 29.4 Å². The molecule has 0 N–H and O–H groups in total. The van der Waals surface area contributed by atoms with E-state index in [9.17, 15) is 9.18 Å². The largest absolute Gasteiger partial charge is 0.494 e. The van der Waals surface area contributed by atoms with E-state index in [2.05, 4.69) is 10.3 Å². The van der Waals surface area contributed by atoms with E-state index in [1.54, 1.807) is 17.2 Å². The fourth-order valence-electron chi connectivity index (χ4n) is 3.37. The molecule has 3 heterocycles. The van der Waals surface area contributed by atoms with Gasteiger partial charge in [-0.05, 0) is 18.6 Å². The Morgan fingerprint density at radius 2 is 2.33 bits per heavy atom. The molecule has 0 saturated carbocycles. The monoisotopic (exact) mass is 332 g/mol. The Balaban J connectivity index is 1.60. The van der Waals surface area contributed by atoms with Gasteiger partial charge in [-0.3, -0.25) is 4.79 Å². The molecule has 0 spiro atoms. The van der Waals surface area contributed by atoms with Crippen molar-refractivity contribution in [2.75, 3.05) is 20.2 Å². The summed E-state index contributed by atoms with van der Waals surface area (Å²) in [7, 11) is 1.38. The van der Waals surface area contributed by atoms with Crippen LogP contribution in [0, 0.1) is 5.82 Å². The summed E-state index contributed by atoms with van der Waals surface area (Å²) in [4.78, 5) is 14.4. The van der Waals surface area contributed by atoms with E-state index in [0.29, 0.717) is 26.1 Å². The third-order valence-electron chi connectivity index (χ3n) is 4.63. The summed E-state index contributed by atoms with van der Waals surface area (Å²) in [5, 5.41) is 8.02. The lowest BCUT2D eigenvalue weighted by Gasteiger charge is -2.41. The highest BCUT2D eigenvalue weighted by Gasteiger charge is 2.38. The molecule has 0 bridgehead atoms. The van der Waals surface area contributed by atoms with Crippen LogP contribution in [0.15, 0.2) is 24.4 Å². The first kappa shape index (κ1) is 15.1. The molecule has 7 nitrogen and oxygen atoms in total. The average Bonchev–Trinajstić information content (AvgIpc) is 3.10. The van der Waals surface area contributed by atoms with Gasteiger partial charge in [-0.25, -0.2) is 9.07 Å². The number of rotatable bonds is 2. The Hall–Kier alpha value is -2.48. The van der Waals surface area contributed by atoms with Crippen molar-refractivity contribution in [1.82, 2.24) is 19.9 Å². The molecule has 2 aliphatic heterocycles. The van der Waals surface area contributed by atoms with Gasteiger partial charge in [0.15, 0.2) is 11.6 Å². The molecule has 2 atom stereocenters. The molecule has 8 heteroatoms. The van der Waals surface area contributed by atoms with Gasteiger partial charge in [0.1, 0.15) is 0 Å². The first-order chi connectivity index (χ1) is 11.7. The van der Waals surface area contributed by atoms with Crippen LogP contribution < -0.4 is 4.74 Å². The first-order valence-electron chi connectivity index (χ1n) is 7.81. The number of carbonyl (C=O) groups is 1. The highest BCUT2D eigenvalue weighted by molar-refractivity contribution is 5.95. The lowest BCUT2D eigenvalue weighted by atomic mass is 9.99. The van der Waals surface area contributed by atoms with Crippen molar-refractivity contribution in [2.45, 2.75) is 25.2 Å². The number of aromatic nitrogens is 3. The third kappa shape index (κ3) is 2.34. The van der Waals surface area contributed by atoms with Crippen LogP contribution in [0.1, 0.15) is 28.5 Å². The van der Waals surface area contributed by atoms with E-state index in [1.807, 2.05) is 4.68 Å². The van der Waals surface area contributed by atoms with Crippen molar-refractivity contribution in [2.24, 2.45) is 0 Å². The van der Waals surface area contributed by atoms with Gasteiger partial charge in [0.2, 0.25) is 0 Å². The van der Waals surface area contributed by atoms with E-state index in [1.165, 1.54) is 19.2 Å². The number of hydrogen-bond acceptors (Lipinski definition) is 5. The molecule has 126 valence electrons. The molecule has 0 radical (unpaired) electrons. The summed E-state index contributed by atoms with van der Waals surface area (Å²) in [6, 6.07) is 4.49. The van der Waals surface area contributed by atoms with Crippen LogP contribution in [0.3, 0.4) is 0 Å². The van der Waals surface area contributed by atoms with Crippen LogP contribution in [0.5, 0.6) is 5.75 Å². The van der Waals surface area contributed by atoms with Crippen molar-refractivity contribution in [3.63, 3.8) is 0 Å². The minimum Gasteiger partial charge on any atom is -0.494 e. The van der Waals surface area contributed by atoms with Crippen LogP contribution >= 0.6 is 0 Å². The Morgan fingerprint density at radius 1 is 1.46 bits per heavy atom. The summed E-state index contributed by atoms with van der Waals surface area (Å²) in [6.45, 7) is 1.41. The first-order valence-corrected chi connectivity index (χ1v) is 7.81. The quantitative estimate of drug-likeness (QED) is 0.832. The van der Waals surface area contributed by atoms with Gasteiger partial charge < -0.3 is 14.4 Å². The summed E-state index contributed by atoms with van der Waals surface area (Å²) in [5.41, 5.74) is 0.904. The lowest BCUT2D eigenvalue weighted by Crippen LogP contribution is -2.50. The number of fused-ring (bicyclic) bond motifs is 3. The Labute approximate surface area is 138 Å². The van der Waals surface area contributed by atoms with Crippen molar-refractivity contribution in [3.05, 3.63) is 41.5 Å². The van der Waals surface area contributed by atoms with Crippen molar-refractivity contribution >= 4 is 5.91 Å². The van der Waals surface area contributed by atoms with Crippen LogP contribution in [-0.4, -0.2) is 52.1 Å². The molecule has 1 amide bonds. The minimum atomic E-state index is -0.631. The van der Waals surface area contributed by atoms with Gasteiger partial charge in [0, 0.05) is 13.1 Å². The van der Waals surface area contributed by atoms with E-state index < -0.39 is 5.82 Å². The summed E-state index contributed by atoms with van der Waals surface area (Å²) < 4.78 is 27.0. The predicted molar refractivity (Wildman–Crippen MR) is 81.1 cm³/mol. The van der Waals surface area contributed by atoms with Crippen LogP contribution in [0.4, 0.5) is 4.39 Å². The minimum absolute atomic E-state index is 0.00148. The number of halogens is 1.